The number of hydrogen-bond acceptors (Lipinski definition) is 3. The van der Waals surface area contributed by atoms with Gasteiger partial charge in [0.15, 0.2) is 0 Å². The van der Waals surface area contributed by atoms with Crippen molar-refractivity contribution in [2.45, 2.75) is 19.3 Å². The highest BCUT2D eigenvalue weighted by Crippen LogP contribution is 2.25. The first-order valence-corrected chi connectivity index (χ1v) is 6.87. The molecule has 0 N–H and O–H groups in total. The molecule has 0 saturated carbocycles. The van der Waals surface area contributed by atoms with Gasteiger partial charge in [-0.15, -0.1) is 0 Å². The number of nitrogens with zero attached hydrogens (tertiary/aromatic N) is 3. The molecule has 1 fully saturated rings. The Hall–Kier alpha value is -1.74. The van der Waals surface area contributed by atoms with Crippen LogP contribution in [0.4, 0.5) is 0 Å². The number of rotatable bonds is 4. The van der Waals surface area contributed by atoms with Crippen molar-refractivity contribution in [3.63, 3.8) is 0 Å². The molecule has 98 valence electrons. The quantitative estimate of drug-likeness (QED) is 0.838. The molecule has 1 aromatic carbocycles. The third-order valence-electron chi connectivity index (χ3n) is 3.73. The molecule has 0 unspecified atom stereocenters. The van der Waals surface area contributed by atoms with Crippen LogP contribution in [0.5, 0.6) is 0 Å². The molecule has 2 heterocycles. The number of likely N-dealkylation sites (tertiary alicyclic amines) is 1. The smallest absolute Gasteiger partial charge is 0.125 e. The molecule has 1 aromatic heterocycles. The van der Waals surface area contributed by atoms with E-state index in [1.165, 1.54) is 11.3 Å². The van der Waals surface area contributed by atoms with E-state index in [4.69, 9.17) is 0 Å². The van der Waals surface area contributed by atoms with E-state index in [1.807, 2.05) is 19.2 Å². The first-order chi connectivity index (χ1) is 9.31. The molecule has 3 nitrogen and oxygen atoms in total. The summed E-state index contributed by atoms with van der Waals surface area (Å²) >= 11 is 0. The van der Waals surface area contributed by atoms with Gasteiger partial charge in [-0.1, -0.05) is 30.3 Å². The Kier molecular flexibility index (Phi) is 3.56. The zero-order valence-corrected chi connectivity index (χ0v) is 11.3. The lowest BCUT2D eigenvalue weighted by Gasteiger charge is -2.39. The van der Waals surface area contributed by atoms with Crippen molar-refractivity contribution in [1.29, 1.82) is 0 Å². The van der Waals surface area contributed by atoms with E-state index >= 15 is 0 Å². The molecule has 0 aliphatic carbocycles. The lowest BCUT2D eigenvalue weighted by molar-refractivity contribution is 0.148. The maximum absolute atomic E-state index is 4.51. The second-order valence-corrected chi connectivity index (χ2v) is 5.22. The number of aromatic nitrogens is 2. The van der Waals surface area contributed by atoms with Crippen molar-refractivity contribution < 1.29 is 0 Å². The molecule has 0 atom stereocenters. The predicted octanol–water partition coefficient (Wildman–Crippen LogP) is 2.43. The maximum atomic E-state index is 4.51. The van der Waals surface area contributed by atoms with E-state index in [-0.39, 0.29) is 0 Å². The molecule has 1 saturated heterocycles. The zero-order valence-electron chi connectivity index (χ0n) is 11.3. The molecule has 1 aliphatic rings. The summed E-state index contributed by atoms with van der Waals surface area (Å²) in [5.74, 6) is 1.47. The average molecular weight is 253 g/mol. The molecule has 0 radical (unpaired) electrons. The molecular weight excluding hydrogens is 234 g/mol. The van der Waals surface area contributed by atoms with Gasteiger partial charge in [0.1, 0.15) is 5.82 Å². The summed E-state index contributed by atoms with van der Waals surface area (Å²) in [5.41, 5.74) is 2.62. The summed E-state index contributed by atoms with van der Waals surface area (Å²) in [6.45, 7) is 5.35. The van der Waals surface area contributed by atoms with Crippen LogP contribution in [0.1, 0.15) is 23.0 Å². The van der Waals surface area contributed by atoms with E-state index in [0.29, 0.717) is 5.92 Å². The number of aryl methyl sites for hydroxylation is 1. The van der Waals surface area contributed by atoms with E-state index in [2.05, 4.69) is 45.2 Å². The topological polar surface area (TPSA) is 29.0 Å². The normalized spacial score (nSPS) is 16.3. The molecule has 1 aliphatic heterocycles. The second kappa shape index (κ2) is 5.49. The summed E-state index contributed by atoms with van der Waals surface area (Å²) in [7, 11) is 0. The fourth-order valence-corrected chi connectivity index (χ4v) is 2.57. The molecule has 0 amide bonds. The Morgan fingerprint density at radius 3 is 2.68 bits per heavy atom. The predicted molar refractivity (Wildman–Crippen MR) is 76.1 cm³/mol. The third-order valence-corrected chi connectivity index (χ3v) is 3.73. The highest BCUT2D eigenvalue weighted by Gasteiger charge is 2.28. The van der Waals surface area contributed by atoms with Gasteiger partial charge in [0.2, 0.25) is 0 Å². The fraction of sp³-hybridized carbons (Fsp3) is 0.375. The van der Waals surface area contributed by atoms with Gasteiger partial charge in [-0.2, -0.15) is 0 Å². The van der Waals surface area contributed by atoms with Crippen LogP contribution in [0.25, 0.3) is 0 Å². The Bertz CT molecular complexity index is 533. The SMILES string of the molecule is Cc1nccc(C2CN(CCc3ccccc3)C2)n1. The van der Waals surface area contributed by atoms with Gasteiger partial charge in [0.05, 0.1) is 0 Å². The minimum absolute atomic E-state index is 0.595. The van der Waals surface area contributed by atoms with Crippen molar-refractivity contribution in [1.82, 2.24) is 14.9 Å². The van der Waals surface area contributed by atoms with E-state index in [9.17, 15) is 0 Å². The van der Waals surface area contributed by atoms with Crippen LogP contribution in [0, 0.1) is 6.92 Å². The van der Waals surface area contributed by atoms with E-state index in [0.717, 1.165) is 31.9 Å². The Morgan fingerprint density at radius 1 is 1.16 bits per heavy atom. The van der Waals surface area contributed by atoms with Crippen molar-refractivity contribution in [2.24, 2.45) is 0 Å². The minimum atomic E-state index is 0.595. The van der Waals surface area contributed by atoms with Crippen LogP contribution in [-0.4, -0.2) is 34.5 Å². The summed E-state index contributed by atoms with van der Waals surface area (Å²) in [6.07, 6.45) is 3.00. The largest absolute Gasteiger partial charge is 0.302 e. The van der Waals surface area contributed by atoms with Crippen LogP contribution in [0.2, 0.25) is 0 Å². The Labute approximate surface area is 114 Å². The van der Waals surface area contributed by atoms with Crippen LogP contribution in [-0.2, 0) is 6.42 Å². The molecular formula is C16H19N3. The van der Waals surface area contributed by atoms with Gasteiger partial charge >= 0.3 is 0 Å². The maximum Gasteiger partial charge on any atom is 0.125 e. The standard InChI is InChI=1S/C16H19N3/c1-13-17-9-7-16(18-13)15-11-19(12-15)10-8-14-5-3-2-4-6-14/h2-7,9,15H,8,10-12H2,1H3. The van der Waals surface area contributed by atoms with Crippen LogP contribution in [0.15, 0.2) is 42.6 Å². The van der Waals surface area contributed by atoms with Gasteiger partial charge in [-0.3, -0.25) is 0 Å². The van der Waals surface area contributed by atoms with Crippen LogP contribution >= 0.6 is 0 Å². The zero-order chi connectivity index (χ0) is 13.1. The van der Waals surface area contributed by atoms with Crippen LogP contribution in [0.3, 0.4) is 0 Å². The van der Waals surface area contributed by atoms with Crippen molar-refractivity contribution in [3.8, 4) is 0 Å². The van der Waals surface area contributed by atoms with E-state index < -0.39 is 0 Å². The monoisotopic (exact) mass is 253 g/mol. The van der Waals surface area contributed by atoms with Gasteiger partial charge in [0.25, 0.3) is 0 Å². The minimum Gasteiger partial charge on any atom is -0.302 e. The first-order valence-electron chi connectivity index (χ1n) is 6.87. The molecule has 2 aromatic rings. The lowest BCUT2D eigenvalue weighted by atomic mass is 9.95. The third kappa shape index (κ3) is 2.99. The highest BCUT2D eigenvalue weighted by molar-refractivity contribution is 5.16. The summed E-state index contributed by atoms with van der Waals surface area (Å²) < 4.78 is 0. The van der Waals surface area contributed by atoms with E-state index in [1.54, 1.807) is 0 Å². The lowest BCUT2D eigenvalue weighted by Crippen LogP contribution is -2.46. The van der Waals surface area contributed by atoms with Crippen molar-refractivity contribution >= 4 is 0 Å². The van der Waals surface area contributed by atoms with Gasteiger partial charge in [0, 0.05) is 37.4 Å². The van der Waals surface area contributed by atoms with Crippen molar-refractivity contribution in [3.05, 3.63) is 59.7 Å². The highest BCUT2D eigenvalue weighted by atomic mass is 15.2. The number of benzene rings is 1. The second-order valence-electron chi connectivity index (χ2n) is 5.22. The summed E-state index contributed by atoms with van der Waals surface area (Å²) in [4.78, 5) is 11.2. The summed E-state index contributed by atoms with van der Waals surface area (Å²) in [5, 5.41) is 0. The fourth-order valence-electron chi connectivity index (χ4n) is 2.57. The summed E-state index contributed by atoms with van der Waals surface area (Å²) in [6, 6.07) is 12.7. The molecule has 0 bridgehead atoms. The van der Waals surface area contributed by atoms with Gasteiger partial charge in [-0.05, 0) is 25.0 Å². The van der Waals surface area contributed by atoms with Crippen LogP contribution < -0.4 is 0 Å². The number of hydrogen-bond donors (Lipinski definition) is 0. The van der Waals surface area contributed by atoms with Gasteiger partial charge < -0.3 is 4.90 Å². The van der Waals surface area contributed by atoms with Crippen molar-refractivity contribution in [2.75, 3.05) is 19.6 Å². The van der Waals surface area contributed by atoms with Gasteiger partial charge in [-0.25, -0.2) is 9.97 Å². The molecule has 19 heavy (non-hydrogen) atoms. The molecule has 0 spiro atoms. The average Bonchev–Trinajstić information content (AvgIpc) is 2.38. The Balaban J connectivity index is 1.48. The molecule has 3 rings (SSSR count). The Morgan fingerprint density at radius 2 is 1.95 bits per heavy atom. The molecule has 3 heteroatoms. The first kappa shape index (κ1) is 12.3.